The van der Waals surface area contributed by atoms with Crippen LogP contribution in [0, 0.1) is 5.41 Å². The van der Waals surface area contributed by atoms with Crippen LogP contribution in [-0.4, -0.2) is 47.3 Å². The molecule has 0 atom stereocenters. The van der Waals surface area contributed by atoms with Crippen LogP contribution >= 0.6 is 0 Å². The van der Waals surface area contributed by atoms with Crippen LogP contribution in [0.3, 0.4) is 0 Å². The zero-order chi connectivity index (χ0) is 19.0. The summed E-state index contributed by atoms with van der Waals surface area (Å²) in [5.41, 5.74) is 2.27. The summed E-state index contributed by atoms with van der Waals surface area (Å²) in [5, 5.41) is 16.3. The van der Waals surface area contributed by atoms with E-state index in [0.29, 0.717) is 0 Å². The summed E-state index contributed by atoms with van der Waals surface area (Å²) in [5.74, 6) is 1.85. The van der Waals surface area contributed by atoms with Gasteiger partial charge in [0.25, 0.3) is 0 Å². The van der Waals surface area contributed by atoms with Gasteiger partial charge in [-0.1, -0.05) is 31.4 Å². The van der Waals surface area contributed by atoms with Gasteiger partial charge in [0.05, 0.1) is 11.0 Å². The molecule has 3 rings (SSSR count). The number of H-pyrrole nitrogens is 1. The molecule has 0 radical (unpaired) electrons. The number of fused-ring (bicyclic) bond motifs is 1. The number of aromatic amines is 1. The minimum absolute atomic E-state index is 0.175. The lowest BCUT2D eigenvalue weighted by Crippen LogP contribution is -2.40. The molecular formula is C21H33N5O. The number of aliphatic hydroxyl groups is 1. The van der Waals surface area contributed by atoms with Crippen LogP contribution in [-0.2, 0) is 6.42 Å². The molecule has 1 fully saturated rings. The summed E-state index contributed by atoms with van der Waals surface area (Å²) in [7, 11) is 0. The summed E-state index contributed by atoms with van der Waals surface area (Å²) < 4.78 is 0. The highest BCUT2D eigenvalue weighted by Gasteiger charge is 2.31. The predicted octanol–water partition coefficient (Wildman–Crippen LogP) is 2.99. The van der Waals surface area contributed by atoms with E-state index in [1.165, 1.54) is 32.1 Å². The fraction of sp³-hybridized carbons (Fsp3) is 0.619. The van der Waals surface area contributed by atoms with Gasteiger partial charge in [0, 0.05) is 32.7 Å². The lowest BCUT2D eigenvalue weighted by atomic mass is 9.72. The molecule has 1 aromatic heterocycles. The van der Waals surface area contributed by atoms with E-state index in [-0.39, 0.29) is 12.0 Å². The number of nitrogens with zero attached hydrogens (tertiary/aromatic N) is 2. The molecule has 4 N–H and O–H groups in total. The Morgan fingerprint density at radius 2 is 2.04 bits per heavy atom. The smallest absolute Gasteiger partial charge is 0.191 e. The maximum Gasteiger partial charge on any atom is 0.191 e. The molecule has 6 nitrogen and oxygen atoms in total. The zero-order valence-corrected chi connectivity index (χ0v) is 16.4. The van der Waals surface area contributed by atoms with E-state index in [1.54, 1.807) is 0 Å². The van der Waals surface area contributed by atoms with Gasteiger partial charge in [0.2, 0.25) is 0 Å². The lowest BCUT2D eigenvalue weighted by Gasteiger charge is -2.35. The van der Waals surface area contributed by atoms with Crippen molar-refractivity contribution in [2.75, 3.05) is 26.2 Å². The van der Waals surface area contributed by atoms with Gasteiger partial charge >= 0.3 is 0 Å². The summed E-state index contributed by atoms with van der Waals surface area (Å²) in [4.78, 5) is 12.8. The van der Waals surface area contributed by atoms with Gasteiger partial charge in [-0.05, 0) is 43.7 Å². The highest BCUT2D eigenvalue weighted by Crippen LogP contribution is 2.39. The van der Waals surface area contributed by atoms with E-state index in [4.69, 9.17) is 4.99 Å². The zero-order valence-electron chi connectivity index (χ0n) is 16.4. The standard InChI is InChI=1S/C21H33N5O/c1-2-22-20(24-16-21(13-15-27)11-6-3-7-12-21)23-14-10-19-25-17-8-4-5-9-18(17)26-19/h4-5,8-9,27H,2-3,6-7,10-16H2,1H3,(H,25,26)(H2,22,23,24). The molecule has 1 aromatic carbocycles. The fourth-order valence-corrected chi connectivity index (χ4v) is 4.04. The topological polar surface area (TPSA) is 85.3 Å². The normalized spacial score (nSPS) is 17.2. The molecule has 1 aliphatic carbocycles. The van der Waals surface area contributed by atoms with Crippen LogP contribution in [0.2, 0.25) is 0 Å². The monoisotopic (exact) mass is 371 g/mol. The van der Waals surface area contributed by atoms with Crippen molar-refractivity contribution in [2.24, 2.45) is 10.4 Å². The SMILES string of the molecule is CCNC(=NCC1(CCO)CCCCC1)NCCc1nc2ccccc2[nH]1. The van der Waals surface area contributed by atoms with Crippen LogP contribution in [0.4, 0.5) is 0 Å². The third-order valence-corrected chi connectivity index (χ3v) is 5.57. The molecule has 0 saturated heterocycles. The number of aromatic nitrogens is 2. The number of guanidine groups is 1. The second-order valence-electron chi connectivity index (χ2n) is 7.61. The Bertz CT molecular complexity index is 694. The summed E-state index contributed by atoms with van der Waals surface area (Å²) in [6.45, 7) is 4.74. The summed E-state index contributed by atoms with van der Waals surface area (Å²) in [6, 6.07) is 8.11. The first kappa shape index (κ1) is 19.7. The molecule has 2 aromatic rings. The van der Waals surface area contributed by atoms with Crippen molar-refractivity contribution in [1.82, 2.24) is 20.6 Å². The predicted molar refractivity (Wildman–Crippen MR) is 111 cm³/mol. The highest BCUT2D eigenvalue weighted by molar-refractivity contribution is 5.79. The van der Waals surface area contributed by atoms with E-state index in [2.05, 4.69) is 33.6 Å². The number of imidazole rings is 1. The van der Waals surface area contributed by atoms with Crippen molar-refractivity contribution >= 4 is 17.0 Å². The number of hydrogen-bond donors (Lipinski definition) is 4. The Kier molecular flexibility index (Phi) is 7.10. The fourth-order valence-electron chi connectivity index (χ4n) is 4.04. The Balaban J connectivity index is 1.56. The molecule has 0 amide bonds. The van der Waals surface area contributed by atoms with E-state index < -0.39 is 0 Å². The third-order valence-electron chi connectivity index (χ3n) is 5.57. The Morgan fingerprint density at radius 3 is 2.78 bits per heavy atom. The lowest BCUT2D eigenvalue weighted by molar-refractivity contribution is 0.137. The molecule has 6 heteroatoms. The molecule has 0 spiro atoms. The molecule has 1 heterocycles. The summed E-state index contributed by atoms with van der Waals surface area (Å²) in [6.07, 6.45) is 7.85. The summed E-state index contributed by atoms with van der Waals surface area (Å²) >= 11 is 0. The van der Waals surface area contributed by atoms with Gasteiger partial charge in [-0.3, -0.25) is 4.99 Å². The number of nitrogens with one attached hydrogen (secondary N) is 3. The molecular weight excluding hydrogens is 338 g/mol. The Labute approximate surface area is 161 Å². The number of rotatable bonds is 8. The Hall–Kier alpha value is -2.08. The molecule has 1 aliphatic rings. The van der Waals surface area contributed by atoms with Crippen LogP contribution in [0.25, 0.3) is 11.0 Å². The first-order valence-corrected chi connectivity index (χ1v) is 10.3. The van der Waals surface area contributed by atoms with Gasteiger partial charge in [-0.2, -0.15) is 0 Å². The largest absolute Gasteiger partial charge is 0.396 e. The van der Waals surface area contributed by atoms with Crippen LogP contribution in [0.1, 0.15) is 51.3 Å². The van der Waals surface area contributed by atoms with Gasteiger partial charge < -0.3 is 20.7 Å². The van der Waals surface area contributed by atoms with Crippen LogP contribution < -0.4 is 10.6 Å². The van der Waals surface area contributed by atoms with E-state index >= 15 is 0 Å². The number of hydrogen-bond acceptors (Lipinski definition) is 3. The minimum Gasteiger partial charge on any atom is -0.396 e. The van der Waals surface area contributed by atoms with E-state index in [1.807, 2.05) is 18.2 Å². The molecule has 0 unspecified atom stereocenters. The van der Waals surface area contributed by atoms with Crippen molar-refractivity contribution in [1.29, 1.82) is 0 Å². The van der Waals surface area contributed by atoms with Gasteiger partial charge in [-0.15, -0.1) is 0 Å². The number of aliphatic imine (C=N–C) groups is 1. The van der Waals surface area contributed by atoms with Crippen molar-refractivity contribution < 1.29 is 5.11 Å². The van der Waals surface area contributed by atoms with Crippen molar-refractivity contribution in [2.45, 2.75) is 51.9 Å². The van der Waals surface area contributed by atoms with Crippen molar-refractivity contribution in [3.8, 4) is 0 Å². The quantitative estimate of drug-likeness (QED) is 0.424. The van der Waals surface area contributed by atoms with Crippen LogP contribution in [0.15, 0.2) is 29.3 Å². The first-order chi connectivity index (χ1) is 13.2. The second-order valence-corrected chi connectivity index (χ2v) is 7.61. The van der Waals surface area contributed by atoms with E-state index in [0.717, 1.165) is 55.3 Å². The van der Waals surface area contributed by atoms with Crippen molar-refractivity contribution in [3.05, 3.63) is 30.1 Å². The number of aliphatic hydroxyl groups excluding tert-OH is 1. The second kappa shape index (κ2) is 9.74. The van der Waals surface area contributed by atoms with E-state index in [9.17, 15) is 5.11 Å². The Morgan fingerprint density at radius 1 is 1.22 bits per heavy atom. The number of benzene rings is 1. The van der Waals surface area contributed by atoms with Gasteiger partial charge in [0.1, 0.15) is 5.82 Å². The van der Waals surface area contributed by atoms with Crippen molar-refractivity contribution in [3.63, 3.8) is 0 Å². The average Bonchev–Trinajstić information content (AvgIpc) is 3.10. The minimum atomic E-state index is 0.175. The van der Waals surface area contributed by atoms with Gasteiger partial charge in [0.15, 0.2) is 5.96 Å². The first-order valence-electron chi connectivity index (χ1n) is 10.3. The third kappa shape index (κ3) is 5.45. The molecule has 0 bridgehead atoms. The van der Waals surface area contributed by atoms with Gasteiger partial charge in [-0.25, -0.2) is 4.98 Å². The molecule has 1 saturated carbocycles. The molecule has 148 valence electrons. The average molecular weight is 372 g/mol. The molecule has 27 heavy (non-hydrogen) atoms. The maximum absolute atomic E-state index is 9.49. The van der Waals surface area contributed by atoms with Crippen LogP contribution in [0.5, 0.6) is 0 Å². The molecule has 0 aliphatic heterocycles. The maximum atomic E-state index is 9.49. The highest BCUT2D eigenvalue weighted by atomic mass is 16.3. The number of para-hydroxylation sites is 2.